The Bertz CT molecular complexity index is 617. The maximum atomic E-state index is 13.0. The molecule has 2 nitrogen and oxygen atoms in total. The van der Waals surface area contributed by atoms with Crippen molar-refractivity contribution in [2.75, 3.05) is 0 Å². The minimum Gasteiger partial charge on any atom is -0.388 e. The molecule has 0 fully saturated rings. The number of pyridine rings is 1. The molecule has 2 unspecified atom stereocenters. The zero-order valence-corrected chi connectivity index (χ0v) is 10.9. The second-order valence-corrected chi connectivity index (χ2v) is 5.21. The molecule has 2 atom stereocenters. The lowest BCUT2D eigenvalue weighted by Crippen LogP contribution is -2.10. The third kappa shape index (κ3) is 2.24. The van der Waals surface area contributed by atoms with Crippen molar-refractivity contribution in [3.8, 4) is 0 Å². The molecule has 3 rings (SSSR count). The van der Waals surface area contributed by atoms with Crippen LogP contribution in [0.15, 0.2) is 36.5 Å². The summed E-state index contributed by atoms with van der Waals surface area (Å²) in [5.74, 6) is -0.468. The zero-order chi connectivity index (χ0) is 13.4. The van der Waals surface area contributed by atoms with Crippen molar-refractivity contribution in [3.05, 3.63) is 64.2 Å². The maximum absolute atomic E-state index is 13.0. The van der Waals surface area contributed by atoms with Crippen LogP contribution in [-0.2, 0) is 6.42 Å². The molecule has 1 aromatic carbocycles. The topological polar surface area (TPSA) is 33.1 Å². The first-order valence-electron chi connectivity index (χ1n) is 6.23. The van der Waals surface area contributed by atoms with E-state index in [9.17, 15) is 9.50 Å². The van der Waals surface area contributed by atoms with Crippen molar-refractivity contribution in [1.29, 1.82) is 0 Å². The van der Waals surface area contributed by atoms with Gasteiger partial charge in [0, 0.05) is 22.8 Å². The van der Waals surface area contributed by atoms with Gasteiger partial charge in [0.15, 0.2) is 0 Å². The SMILES string of the molecule is OC(c1ccc(F)cc1Cl)C1CCc2cccnc21. The van der Waals surface area contributed by atoms with Crippen molar-refractivity contribution in [2.24, 2.45) is 0 Å². The second kappa shape index (κ2) is 4.91. The van der Waals surface area contributed by atoms with Crippen LogP contribution >= 0.6 is 11.6 Å². The van der Waals surface area contributed by atoms with Crippen LogP contribution in [0.3, 0.4) is 0 Å². The highest BCUT2D eigenvalue weighted by Crippen LogP contribution is 2.42. The van der Waals surface area contributed by atoms with Gasteiger partial charge < -0.3 is 5.11 Å². The lowest BCUT2D eigenvalue weighted by molar-refractivity contribution is 0.143. The fraction of sp³-hybridized carbons (Fsp3) is 0.267. The number of nitrogens with zero attached hydrogens (tertiary/aromatic N) is 1. The van der Waals surface area contributed by atoms with Crippen LogP contribution in [0, 0.1) is 5.82 Å². The first kappa shape index (κ1) is 12.6. The highest BCUT2D eigenvalue weighted by Gasteiger charge is 2.31. The van der Waals surface area contributed by atoms with E-state index in [2.05, 4.69) is 4.98 Å². The predicted molar refractivity (Wildman–Crippen MR) is 71.7 cm³/mol. The lowest BCUT2D eigenvalue weighted by atomic mass is 9.93. The third-order valence-corrected chi connectivity index (χ3v) is 3.99. The molecule has 19 heavy (non-hydrogen) atoms. The molecule has 0 aliphatic heterocycles. The molecule has 0 saturated carbocycles. The van der Waals surface area contributed by atoms with E-state index in [4.69, 9.17) is 11.6 Å². The quantitative estimate of drug-likeness (QED) is 0.909. The number of aryl methyl sites for hydroxylation is 1. The summed E-state index contributed by atoms with van der Waals surface area (Å²) in [7, 11) is 0. The van der Waals surface area contributed by atoms with Gasteiger partial charge in [0.2, 0.25) is 0 Å². The van der Waals surface area contributed by atoms with E-state index in [0.717, 1.165) is 18.5 Å². The van der Waals surface area contributed by atoms with Gasteiger partial charge >= 0.3 is 0 Å². The molecule has 0 saturated heterocycles. The average Bonchev–Trinajstić information content (AvgIpc) is 2.82. The summed E-state index contributed by atoms with van der Waals surface area (Å²) in [5.41, 5.74) is 2.66. The summed E-state index contributed by atoms with van der Waals surface area (Å²) in [6, 6.07) is 8.02. The van der Waals surface area contributed by atoms with Gasteiger partial charge in [-0.2, -0.15) is 0 Å². The van der Waals surface area contributed by atoms with E-state index >= 15 is 0 Å². The smallest absolute Gasteiger partial charge is 0.124 e. The first-order valence-corrected chi connectivity index (χ1v) is 6.61. The molecule has 0 amide bonds. The van der Waals surface area contributed by atoms with Crippen LogP contribution in [0.5, 0.6) is 0 Å². The van der Waals surface area contributed by atoms with Crippen LogP contribution in [0.2, 0.25) is 5.02 Å². The number of benzene rings is 1. The van der Waals surface area contributed by atoms with Crippen molar-refractivity contribution in [1.82, 2.24) is 4.98 Å². The monoisotopic (exact) mass is 277 g/mol. The Hall–Kier alpha value is -1.45. The molecule has 1 aliphatic rings. The van der Waals surface area contributed by atoms with Gasteiger partial charge in [-0.3, -0.25) is 4.98 Å². The first-order chi connectivity index (χ1) is 9.16. The van der Waals surface area contributed by atoms with Gasteiger partial charge in [-0.05, 0) is 42.2 Å². The van der Waals surface area contributed by atoms with Gasteiger partial charge in [0.25, 0.3) is 0 Å². The number of aromatic nitrogens is 1. The third-order valence-electron chi connectivity index (χ3n) is 3.66. The number of rotatable bonds is 2. The fourth-order valence-corrected chi connectivity index (χ4v) is 2.99. The van der Waals surface area contributed by atoms with Crippen molar-refractivity contribution in [2.45, 2.75) is 24.9 Å². The molecule has 1 N–H and O–H groups in total. The average molecular weight is 278 g/mol. The predicted octanol–water partition coefficient (Wildman–Crippen LogP) is 3.64. The second-order valence-electron chi connectivity index (χ2n) is 4.80. The largest absolute Gasteiger partial charge is 0.388 e. The normalized spacial score (nSPS) is 19.2. The van der Waals surface area contributed by atoms with Crippen LogP contribution in [-0.4, -0.2) is 10.1 Å². The minimum absolute atomic E-state index is 0.0702. The Morgan fingerprint density at radius 2 is 2.21 bits per heavy atom. The Morgan fingerprint density at radius 1 is 1.37 bits per heavy atom. The Labute approximate surface area is 115 Å². The summed E-state index contributed by atoms with van der Waals surface area (Å²) < 4.78 is 13.0. The van der Waals surface area contributed by atoms with Gasteiger partial charge in [0.05, 0.1) is 6.10 Å². The molecular weight excluding hydrogens is 265 g/mol. The van der Waals surface area contributed by atoms with Gasteiger partial charge in [-0.15, -0.1) is 0 Å². The van der Waals surface area contributed by atoms with E-state index in [1.807, 2.05) is 12.1 Å². The Balaban J connectivity index is 1.95. The van der Waals surface area contributed by atoms with Crippen LogP contribution < -0.4 is 0 Å². The molecule has 98 valence electrons. The number of aliphatic hydroxyl groups is 1. The summed E-state index contributed by atoms with van der Waals surface area (Å²) >= 11 is 6.01. The van der Waals surface area contributed by atoms with Gasteiger partial charge in [-0.25, -0.2) is 4.39 Å². The molecule has 2 aromatic rings. The Kier molecular flexibility index (Phi) is 3.25. The van der Waals surface area contributed by atoms with Crippen molar-refractivity contribution in [3.63, 3.8) is 0 Å². The molecule has 4 heteroatoms. The minimum atomic E-state index is -0.746. The molecule has 0 bridgehead atoms. The Morgan fingerprint density at radius 3 is 3.00 bits per heavy atom. The lowest BCUT2D eigenvalue weighted by Gasteiger charge is -2.19. The molecule has 0 radical (unpaired) electrons. The highest BCUT2D eigenvalue weighted by molar-refractivity contribution is 6.31. The molecule has 1 heterocycles. The van der Waals surface area contributed by atoms with Crippen LogP contribution in [0.4, 0.5) is 4.39 Å². The van der Waals surface area contributed by atoms with Crippen molar-refractivity contribution < 1.29 is 9.50 Å². The zero-order valence-electron chi connectivity index (χ0n) is 10.2. The van der Waals surface area contributed by atoms with Gasteiger partial charge in [0.1, 0.15) is 5.82 Å². The van der Waals surface area contributed by atoms with E-state index in [-0.39, 0.29) is 10.9 Å². The number of aliphatic hydroxyl groups excluding tert-OH is 1. The van der Waals surface area contributed by atoms with E-state index in [1.165, 1.54) is 17.7 Å². The standard InChI is InChI=1S/C15H13ClFNO/c16-13-8-10(17)4-6-11(13)15(19)12-5-3-9-2-1-7-18-14(9)12/h1-2,4,6-8,12,15,19H,3,5H2. The molecule has 1 aliphatic carbocycles. The van der Waals surface area contributed by atoms with Crippen molar-refractivity contribution >= 4 is 11.6 Å². The molecule has 1 aromatic heterocycles. The molecular formula is C15H13ClFNO. The summed E-state index contributed by atoms with van der Waals surface area (Å²) in [6.45, 7) is 0. The fourth-order valence-electron chi connectivity index (χ4n) is 2.71. The number of halogens is 2. The van der Waals surface area contributed by atoms with E-state index in [1.54, 1.807) is 12.3 Å². The summed E-state index contributed by atoms with van der Waals surface area (Å²) in [6.07, 6.45) is 2.73. The number of hydrogen-bond acceptors (Lipinski definition) is 2. The summed E-state index contributed by atoms with van der Waals surface area (Å²) in [4.78, 5) is 4.36. The maximum Gasteiger partial charge on any atom is 0.124 e. The van der Waals surface area contributed by atoms with Crippen LogP contribution in [0.1, 0.15) is 35.3 Å². The van der Waals surface area contributed by atoms with Crippen LogP contribution in [0.25, 0.3) is 0 Å². The van der Waals surface area contributed by atoms with E-state index in [0.29, 0.717) is 5.56 Å². The number of hydrogen-bond donors (Lipinski definition) is 1. The number of fused-ring (bicyclic) bond motifs is 1. The highest BCUT2D eigenvalue weighted by atomic mass is 35.5. The van der Waals surface area contributed by atoms with Gasteiger partial charge in [-0.1, -0.05) is 23.7 Å². The van der Waals surface area contributed by atoms with E-state index < -0.39 is 11.9 Å². The summed E-state index contributed by atoms with van der Waals surface area (Å²) in [5, 5.41) is 10.8. The molecule has 0 spiro atoms.